The molecule has 0 fully saturated rings. The van der Waals surface area contributed by atoms with Gasteiger partial charge >= 0.3 is 0 Å². The van der Waals surface area contributed by atoms with Crippen molar-refractivity contribution in [2.45, 2.75) is 13.5 Å². The number of hydrogen-bond acceptors (Lipinski definition) is 4. The molecule has 108 valence electrons. The first-order valence-electron chi connectivity index (χ1n) is 6.11. The fourth-order valence-electron chi connectivity index (χ4n) is 1.78. The van der Waals surface area contributed by atoms with Crippen LogP contribution in [0.4, 0.5) is 5.69 Å². The standard InChI is InChI=1S/C14H12ClN3O3/c1-9-6-11(7-13(15)17-9)14(19)16-8-10-2-4-12(5-3-10)18(20)21/h2-7H,8H2,1H3,(H,16,19). The second-order valence-electron chi connectivity index (χ2n) is 4.43. The topological polar surface area (TPSA) is 85.1 Å². The largest absolute Gasteiger partial charge is 0.348 e. The Hall–Kier alpha value is -2.47. The zero-order valence-corrected chi connectivity index (χ0v) is 11.9. The summed E-state index contributed by atoms with van der Waals surface area (Å²) >= 11 is 5.80. The van der Waals surface area contributed by atoms with Crippen molar-refractivity contribution >= 4 is 23.2 Å². The fraction of sp³-hybridized carbons (Fsp3) is 0.143. The maximum atomic E-state index is 12.0. The van der Waals surface area contributed by atoms with Gasteiger partial charge in [0.1, 0.15) is 5.15 Å². The highest BCUT2D eigenvalue weighted by Gasteiger charge is 2.09. The predicted octanol–water partition coefficient (Wildman–Crippen LogP) is 2.88. The number of halogens is 1. The van der Waals surface area contributed by atoms with E-state index in [0.29, 0.717) is 11.3 Å². The van der Waals surface area contributed by atoms with Gasteiger partial charge in [0.2, 0.25) is 0 Å². The van der Waals surface area contributed by atoms with Crippen molar-refractivity contribution in [3.05, 3.63) is 68.5 Å². The molecule has 0 unspecified atom stereocenters. The molecular weight excluding hydrogens is 294 g/mol. The van der Waals surface area contributed by atoms with Crippen LogP contribution in [0.1, 0.15) is 21.6 Å². The van der Waals surface area contributed by atoms with Crippen molar-refractivity contribution in [1.82, 2.24) is 10.3 Å². The number of nitrogens with one attached hydrogen (secondary N) is 1. The van der Waals surface area contributed by atoms with E-state index in [0.717, 1.165) is 5.56 Å². The number of aromatic nitrogens is 1. The molecule has 7 heteroatoms. The van der Waals surface area contributed by atoms with Gasteiger partial charge < -0.3 is 5.32 Å². The molecule has 1 aromatic heterocycles. The van der Waals surface area contributed by atoms with Crippen LogP contribution < -0.4 is 5.32 Å². The number of rotatable bonds is 4. The zero-order valence-electron chi connectivity index (χ0n) is 11.2. The van der Waals surface area contributed by atoms with Crippen molar-refractivity contribution in [3.63, 3.8) is 0 Å². The highest BCUT2D eigenvalue weighted by Crippen LogP contribution is 2.13. The van der Waals surface area contributed by atoms with Gasteiger partial charge in [0.05, 0.1) is 4.92 Å². The Morgan fingerprint density at radius 2 is 2.00 bits per heavy atom. The first-order valence-corrected chi connectivity index (χ1v) is 6.49. The molecule has 1 amide bonds. The van der Waals surface area contributed by atoms with Gasteiger partial charge in [0, 0.05) is 29.9 Å². The molecule has 0 atom stereocenters. The number of carbonyl (C=O) groups excluding carboxylic acids is 1. The van der Waals surface area contributed by atoms with Crippen LogP contribution in [0.15, 0.2) is 36.4 Å². The summed E-state index contributed by atoms with van der Waals surface area (Å²) in [5.41, 5.74) is 1.87. The zero-order chi connectivity index (χ0) is 15.4. The average Bonchev–Trinajstić information content (AvgIpc) is 2.44. The molecule has 1 heterocycles. The average molecular weight is 306 g/mol. The normalized spacial score (nSPS) is 10.2. The predicted molar refractivity (Wildman–Crippen MR) is 78.3 cm³/mol. The van der Waals surface area contributed by atoms with E-state index in [1.807, 2.05) is 0 Å². The summed E-state index contributed by atoms with van der Waals surface area (Å²) in [5, 5.41) is 13.5. The van der Waals surface area contributed by atoms with E-state index in [1.165, 1.54) is 18.2 Å². The van der Waals surface area contributed by atoms with Crippen LogP contribution in [0.2, 0.25) is 5.15 Å². The summed E-state index contributed by atoms with van der Waals surface area (Å²) in [6, 6.07) is 9.12. The van der Waals surface area contributed by atoms with Crippen molar-refractivity contribution in [2.24, 2.45) is 0 Å². The van der Waals surface area contributed by atoms with Gasteiger partial charge in [0.25, 0.3) is 11.6 Å². The molecule has 0 radical (unpaired) electrons. The van der Waals surface area contributed by atoms with Crippen molar-refractivity contribution < 1.29 is 9.72 Å². The molecule has 0 spiro atoms. The summed E-state index contributed by atoms with van der Waals surface area (Å²) in [4.78, 5) is 26.1. The molecule has 2 aromatic rings. The third kappa shape index (κ3) is 4.00. The highest BCUT2D eigenvalue weighted by atomic mass is 35.5. The second-order valence-corrected chi connectivity index (χ2v) is 4.81. The van der Waals surface area contributed by atoms with Crippen molar-refractivity contribution in [1.29, 1.82) is 0 Å². The SMILES string of the molecule is Cc1cc(C(=O)NCc2ccc([N+](=O)[O-])cc2)cc(Cl)n1. The van der Waals surface area contributed by atoms with Gasteiger partial charge in [-0.1, -0.05) is 23.7 Å². The minimum Gasteiger partial charge on any atom is -0.348 e. The van der Waals surface area contributed by atoms with Gasteiger partial charge in [-0.3, -0.25) is 14.9 Å². The Morgan fingerprint density at radius 3 is 2.57 bits per heavy atom. The van der Waals surface area contributed by atoms with E-state index < -0.39 is 4.92 Å². The Morgan fingerprint density at radius 1 is 1.33 bits per heavy atom. The summed E-state index contributed by atoms with van der Waals surface area (Å²) < 4.78 is 0. The van der Waals surface area contributed by atoms with Gasteiger partial charge in [0.15, 0.2) is 0 Å². The minimum atomic E-state index is -0.468. The maximum Gasteiger partial charge on any atom is 0.269 e. The third-order valence-electron chi connectivity index (χ3n) is 2.78. The molecule has 0 bridgehead atoms. The number of benzene rings is 1. The molecule has 21 heavy (non-hydrogen) atoms. The molecule has 0 saturated carbocycles. The lowest BCUT2D eigenvalue weighted by Gasteiger charge is -2.06. The molecule has 0 saturated heterocycles. The number of carbonyl (C=O) groups is 1. The lowest BCUT2D eigenvalue weighted by Crippen LogP contribution is -2.23. The van der Waals surface area contributed by atoms with E-state index in [9.17, 15) is 14.9 Å². The van der Waals surface area contributed by atoms with E-state index >= 15 is 0 Å². The van der Waals surface area contributed by atoms with E-state index in [-0.39, 0.29) is 23.3 Å². The number of amides is 1. The minimum absolute atomic E-state index is 0.0154. The van der Waals surface area contributed by atoms with Crippen LogP contribution in [0, 0.1) is 17.0 Å². The first-order chi connectivity index (χ1) is 9.95. The summed E-state index contributed by atoms with van der Waals surface area (Å²) in [6.07, 6.45) is 0. The van der Waals surface area contributed by atoms with Crippen LogP contribution in [-0.2, 0) is 6.54 Å². The first kappa shape index (κ1) is 14.9. The van der Waals surface area contributed by atoms with Crippen molar-refractivity contribution in [3.8, 4) is 0 Å². The van der Waals surface area contributed by atoms with Crippen LogP contribution >= 0.6 is 11.6 Å². The van der Waals surface area contributed by atoms with Gasteiger partial charge in [-0.15, -0.1) is 0 Å². The quantitative estimate of drug-likeness (QED) is 0.534. The van der Waals surface area contributed by atoms with E-state index in [4.69, 9.17) is 11.6 Å². The second kappa shape index (κ2) is 6.32. The number of aryl methyl sites for hydroxylation is 1. The Balaban J connectivity index is 2.02. The Kier molecular flexibility index (Phi) is 4.49. The molecule has 0 aliphatic carbocycles. The highest BCUT2D eigenvalue weighted by molar-refractivity contribution is 6.29. The molecular formula is C14H12ClN3O3. The van der Waals surface area contributed by atoms with E-state index in [1.54, 1.807) is 25.1 Å². The monoisotopic (exact) mass is 305 g/mol. The number of nitrogens with zero attached hydrogens (tertiary/aromatic N) is 2. The van der Waals surface area contributed by atoms with Crippen LogP contribution in [-0.4, -0.2) is 15.8 Å². The number of hydrogen-bond donors (Lipinski definition) is 1. The lowest BCUT2D eigenvalue weighted by atomic mass is 10.2. The van der Waals surface area contributed by atoms with Gasteiger partial charge in [-0.2, -0.15) is 0 Å². The van der Waals surface area contributed by atoms with Crippen molar-refractivity contribution in [2.75, 3.05) is 0 Å². The number of non-ortho nitro benzene ring substituents is 1. The molecule has 6 nitrogen and oxygen atoms in total. The van der Waals surface area contributed by atoms with Crippen LogP contribution in [0.25, 0.3) is 0 Å². The summed E-state index contributed by atoms with van der Waals surface area (Å²) in [7, 11) is 0. The molecule has 1 aromatic carbocycles. The third-order valence-corrected chi connectivity index (χ3v) is 2.98. The number of pyridine rings is 1. The number of nitro benzene ring substituents is 1. The van der Waals surface area contributed by atoms with Gasteiger partial charge in [-0.05, 0) is 24.6 Å². The maximum absolute atomic E-state index is 12.0. The smallest absolute Gasteiger partial charge is 0.269 e. The van der Waals surface area contributed by atoms with Crippen LogP contribution in [0.3, 0.4) is 0 Å². The van der Waals surface area contributed by atoms with Gasteiger partial charge in [-0.25, -0.2) is 4.98 Å². The molecule has 2 rings (SSSR count). The Labute approximate surface area is 125 Å². The fourth-order valence-corrected chi connectivity index (χ4v) is 2.03. The van der Waals surface area contributed by atoms with E-state index in [2.05, 4.69) is 10.3 Å². The summed E-state index contributed by atoms with van der Waals surface area (Å²) in [5.74, 6) is -0.277. The Bertz CT molecular complexity index is 666. The molecule has 0 aliphatic heterocycles. The lowest BCUT2D eigenvalue weighted by molar-refractivity contribution is -0.384. The molecule has 0 aliphatic rings. The molecule has 1 N–H and O–H groups in total. The summed E-state index contributed by atoms with van der Waals surface area (Å²) in [6.45, 7) is 2.02. The van der Waals surface area contributed by atoms with Crippen LogP contribution in [0.5, 0.6) is 0 Å². The number of nitro groups is 1.